The fourth-order valence-corrected chi connectivity index (χ4v) is 2.45. The number of rotatable bonds is 12. The molecule has 122 valence electrons. The number of benzene rings is 1. The van der Waals surface area contributed by atoms with Crippen molar-refractivity contribution in [3.05, 3.63) is 54.1 Å². The van der Waals surface area contributed by atoms with E-state index in [0.29, 0.717) is 5.75 Å². The van der Waals surface area contributed by atoms with Crippen LogP contribution in [0.25, 0.3) is 0 Å². The standard InChI is InChI=1S/C21H32O/c1-2-3-4-5-6-7-8-9-10-11-12-13-14-16-20-17-15-18-21(22)19-20/h5-6,11-12,15,17-19,22H,2-4,7-10,13-14,16H2,1H3/b6-5+,12-11+. The zero-order valence-electron chi connectivity index (χ0n) is 14.1. The minimum absolute atomic E-state index is 0.372. The lowest BCUT2D eigenvalue weighted by Gasteiger charge is -2.00. The molecule has 1 N–H and O–H groups in total. The van der Waals surface area contributed by atoms with E-state index in [2.05, 4.69) is 37.3 Å². The Morgan fingerprint density at radius 1 is 0.818 bits per heavy atom. The molecule has 0 saturated carbocycles. The summed E-state index contributed by atoms with van der Waals surface area (Å²) in [7, 11) is 0. The van der Waals surface area contributed by atoms with E-state index in [4.69, 9.17) is 0 Å². The van der Waals surface area contributed by atoms with Gasteiger partial charge in [0.05, 0.1) is 0 Å². The number of phenols is 1. The van der Waals surface area contributed by atoms with Crippen molar-refractivity contribution in [1.29, 1.82) is 0 Å². The van der Waals surface area contributed by atoms with Gasteiger partial charge in [0.15, 0.2) is 0 Å². The Labute approximate surface area is 136 Å². The lowest BCUT2D eigenvalue weighted by atomic mass is 10.1. The Morgan fingerprint density at radius 3 is 2.00 bits per heavy atom. The highest BCUT2D eigenvalue weighted by molar-refractivity contribution is 5.27. The zero-order chi connectivity index (χ0) is 15.9. The molecule has 0 aliphatic carbocycles. The number of aromatic hydroxyl groups is 1. The van der Waals surface area contributed by atoms with Gasteiger partial charge in [-0.15, -0.1) is 0 Å². The van der Waals surface area contributed by atoms with Crippen molar-refractivity contribution >= 4 is 0 Å². The summed E-state index contributed by atoms with van der Waals surface area (Å²) in [6, 6.07) is 7.58. The minimum atomic E-state index is 0.372. The van der Waals surface area contributed by atoms with Gasteiger partial charge in [-0.2, -0.15) is 0 Å². The van der Waals surface area contributed by atoms with E-state index >= 15 is 0 Å². The van der Waals surface area contributed by atoms with E-state index in [1.807, 2.05) is 12.1 Å². The fraction of sp³-hybridized carbons (Fsp3) is 0.524. The van der Waals surface area contributed by atoms with Gasteiger partial charge in [-0.3, -0.25) is 0 Å². The molecule has 0 bridgehead atoms. The zero-order valence-corrected chi connectivity index (χ0v) is 14.1. The van der Waals surface area contributed by atoms with Crippen LogP contribution in [0, 0.1) is 0 Å². The van der Waals surface area contributed by atoms with Crippen molar-refractivity contribution in [1.82, 2.24) is 0 Å². The molecule has 0 fully saturated rings. The highest BCUT2D eigenvalue weighted by Crippen LogP contribution is 2.13. The summed E-state index contributed by atoms with van der Waals surface area (Å²) < 4.78 is 0. The molecule has 0 saturated heterocycles. The predicted octanol–water partition coefficient (Wildman–Crippen LogP) is 6.58. The first kappa shape index (κ1) is 18.5. The molecule has 0 aromatic heterocycles. The summed E-state index contributed by atoms with van der Waals surface area (Å²) in [6.07, 6.45) is 21.5. The number of hydrogen-bond acceptors (Lipinski definition) is 1. The lowest BCUT2D eigenvalue weighted by Crippen LogP contribution is -1.83. The lowest BCUT2D eigenvalue weighted by molar-refractivity contribution is 0.474. The second kappa shape index (κ2) is 13.2. The Hall–Kier alpha value is -1.50. The van der Waals surface area contributed by atoms with E-state index in [1.165, 1.54) is 50.5 Å². The monoisotopic (exact) mass is 300 g/mol. The van der Waals surface area contributed by atoms with E-state index in [0.717, 1.165) is 19.3 Å². The van der Waals surface area contributed by atoms with Crippen LogP contribution in [0.15, 0.2) is 48.6 Å². The average molecular weight is 300 g/mol. The van der Waals surface area contributed by atoms with E-state index in [9.17, 15) is 5.11 Å². The van der Waals surface area contributed by atoms with E-state index in [1.54, 1.807) is 6.07 Å². The van der Waals surface area contributed by atoms with Gasteiger partial charge in [0.25, 0.3) is 0 Å². The quantitative estimate of drug-likeness (QED) is 0.341. The molecule has 1 nitrogen and oxygen atoms in total. The van der Waals surface area contributed by atoms with Crippen LogP contribution in [-0.2, 0) is 6.42 Å². The molecule has 0 unspecified atom stereocenters. The first-order valence-corrected chi connectivity index (χ1v) is 8.91. The van der Waals surface area contributed by atoms with Gasteiger partial charge in [0, 0.05) is 0 Å². The van der Waals surface area contributed by atoms with Gasteiger partial charge in [-0.1, -0.05) is 56.2 Å². The van der Waals surface area contributed by atoms with Crippen LogP contribution in [-0.4, -0.2) is 5.11 Å². The number of aryl methyl sites for hydroxylation is 1. The molecule has 0 amide bonds. The summed E-state index contributed by atoms with van der Waals surface area (Å²) >= 11 is 0. The third-order valence-electron chi connectivity index (χ3n) is 3.80. The summed E-state index contributed by atoms with van der Waals surface area (Å²) in [5.74, 6) is 0.372. The molecule has 0 atom stereocenters. The summed E-state index contributed by atoms with van der Waals surface area (Å²) in [6.45, 7) is 2.24. The molecule has 0 aliphatic heterocycles. The van der Waals surface area contributed by atoms with Crippen molar-refractivity contribution in [2.75, 3.05) is 0 Å². The number of hydrogen-bond donors (Lipinski definition) is 1. The van der Waals surface area contributed by atoms with Crippen molar-refractivity contribution in [3.63, 3.8) is 0 Å². The Kier molecular flexibility index (Phi) is 11.1. The van der Waals surface area contributed by atoms with Crippen LogP contribution >= 0.6 is 0 Å². The first-order valence-electron chi connectivity index (χ1n) is 8.91. The number of unbranched alkanes of at least 4 members (excludes halogenated alkanes) is 6. The Morgan fingerprint density at radius 2 is 1.41 bits per heavy atom. The van der Waals surface area contributed by atoms with Gasteiger partial charge in [-0.05, 0) is 69.1 Å². The fourth-order valence-electron chi connectivity index (χ4n) is 2.45. The van der Waals surface area contributed by atoms with Crippen molar-refractivity contribution in [2.24, 2.45) is 0 Å². The van der Waals surface area contributed by atoms with Gasteiger partial charge in [-0.25, -0.2) is 0 Å². The van der Waals surface area contributed by atoms with Gasteiger partial charge < -0.3 is 5.11 Å². The van der Waals surface area contributed by atoms with Gasteiger partial charge >= 0.3 is 0 Å². The smallest absolute Gasteiger partial charge is 0.115 e. The number of phenolic OH excluding ortho intramolecular Hbond substituents is 1. The second-order valence-corrected chi connectivity index (χ2v) is 5.93. The van der Waals surface area contributed by atoms with Crippen molar-refractivity contribution in [3.8, 4) is 5.75 Å². The largest absolute Gasteiger partial charge is 0.508 e. The maximum absolute atomic E-state index is 9.40. The molecule has 0 heterocycles. The Bertz CT molecular complexity index is 431. The molecule has 1 heteroatoms. The maximum Gasteiger partial charge on any atom is 0.115 e. The van der Waals surface area contributed by atoms with Crippen molar-refractivity contribution < 1.29 is 5.11 Å². The third kappa shape index (κ3) is 10.3. The highest BCUT2D eigenvalue weighted by Gasteiger charge is 1.93. The van der Waals surface area contributed by atoms with Crippen LogP contribution in [0.5, 0.6) is 5.75 Å². The molecule has 22 heavy (non-hydrogen) atoms. The van der Waals surface area contributed by atoms with E-state index in [-0.39, 0.29) is 0 Å². The van der Waals surface area contributed by atoms with Crippen LogP contribution in [0.2, 0.25) is 0 Å². The second-order valence-electron chi connectivity index (χ2n) is 5.93. The molecule has 0 spiro atoms. The van der Waals surface area contributed by atoms with Crippen LogP contribution in [0.3, 0.4) is 0 Å². The van der Waals surface area contributed by atoms with Gasteiger partial charge in [0.2, 0.25) is 0 Å². The molecule has 1 aromatic rings. The highest BCUT2D eigenvalue weighted by atomic mass is 16.3. The number of allylic oxidation sites excluding steroid dienone is 4. The van der Waals surface area contributed by atoms with Gasteiger partial charge in [0.1, 0.15) is 5.75 Å². The third-order valence-corrected chi connectivity index (χ3v) is 3.80. The molecular formula is C21H32O. The summed E-state index contributed by atoms with van der Waals surface area (Å²) in [4.78, 5) is 0. The van der Waals surface area contributed by atoms with Crippen LogP contribution in [0.1, 0.15) is 70.3 Å². The molecule has 0 aliphatic rings. The van der Waals surface area contributed by atoms with Crippen LogP contribution in [0.4, 0.5) is 0 Å². The molecule has 1 rings (SSSR count). The topological polar surface area (TPSA) is 20.2 Å². The Balaban J connectivity index is 1.93. The normalized spacial score (nSPS) is 11.7. The minimum Gasteiger partial charge on any atom is -0.508 e. The SMILES string of the molecule is CCCC/C=C/CCCC/C=C/CCCc1cccc(O)c1. The molecule has 1 aromatic carbocycles. The summed E-state index contributed by atoms with van der Waals surface area (Å²) in [5.41, 5.74) is 1.23. The van der Waals surface area contributed by atoms with E-state index < -0.39 is 0 Å². The maximum atomic E-state index is 9.40. The summed E-state index contributed by atoms with van der Waals surface area (Å²) in [5, 5.41) is 9.40. The first-order chi connectivity index (χ1) is 10.8. The van der Waals surface area contributed by atoms with Crippen molar-refractivity contribution in [2.45, 2.75) is 71.1 Å². The molecule has 0 radical (unpaired) electrons. The predicted molar refractivity (Wildman–Crippen MR) is 97.3 cm³/mol. The molecular weight excluding hydrogens is 268 g/mol. The average Bonchev–Trinajstić information content (AvgIpc) is 2.52. The van der Waals surface area contributed by atoms with Crippen LogP contribution < -0.4 is 0 Å².